The molecule has 15 nitrogen and oxygen atoms in total. The summed E-state index contributed by atoms with van der Waals surface area (Å²) < 4.78 is 38.9. The Morgan fingerprint density at radius 2 is 0.990 bits per heavy atom. The number of oxazole rings is 2. The molecule has 7 aromatic heterocycles. The summed E-state index contributed by atoms with van der Waals surface area (Å²) in [6.07, 6.45) is 11.3. The van der Waals surface area contributed by atoms with Crippen molar-refractivity contribution in [2.24, 2.45) is 0 Å². The van der Waals surface area contributed by atoms with Crippen molar-refractivity contribution < 1.29 is 158 Å². The summed E-state index contributed by atoms with van der Waals surface area (Å²) in [5, 5.41) is 37.7. The molecule has 0 fully saturated rings. The molecule has 0 amide bonds. The van der Waals surface area contributed by atoms with Crippen LogP contribution in [-0.2, 0) is 120 Å². The van der Waals surface area contributed by atoms with Crippen molar-refractivity contribution in [1.82, 2.24) is 24.9 Å². The molecule has 102 heavy (non-hydrogen) atoms. The van der Waals surface area contributed by atoms with Gasteiger partial charge in [0.15, 0.2) is 23.1 Å². The van der Waals surface area contributed by atoms with Crippen molar-refractivity contribution in [3.63, 3.8) is 0 Å². The molecule has 0 atom stereocenters. The first-order chi connectivity index (χ1) is 46.5. The van der Waals surface area contributed by atoms with E-state index in [2.05, 4.69) is 79.5 Å². The summed E-state index contributed by atoms with van der Waals surface area (Å²) in [4.78, 5) is 63.5. The molecule has 0 unspecified atom stereocenters. The Labute approximate surface area is 670 Å². The van der Waals surface area contributed by atoms with Crippen LogP contribution in [0.5, 0.6) is 0 Å². The van der Waals surface area contributed by atoms with Gasteiger partial charge in [0.2, 0.25) is 0 Å². The SMILES string of the molecule is CC(=O)C=C(C)O.CC(=O)C=C(C)O.CC(=O)C=C(C)O.CC(=O)C=C(C)O.Fc1c[c-]c(-c2ncco2)cc1.Fc1ccc[c-]c1-c1nc2ccccc2o1.[Ir].[Ir].[Ir].[Ir].[Ir].[c-]1c(-c2ccccn2)sc2ccccc12.[c-]1ccccc1-c1nc2ccccc2s1.[c-]1ccsc1-c1ccccn1. The molecule has 25 heteroatoms. The van der Waals surface area contributed by atoms with Crippen molar-refractivity contribution in [2.45, 2.75) is 55.4 Å². The molecule has 0 aliphatic carbocycles. The summed E-state index contributed by atoms with van der Waals surface area (Å²) in [5.41, 5.74) is 6.41. The fourth-order valence-electron chi connectivity index (χ4n) is 7.55. The number of aromatic nitrogens is 5. The average molecular weight is 2320 g/mol. The van der Waals surface area contributed by atoms with E-state index in [1.807, 2.05) is 121 Å². The molecular formula is C77H66F2Ir5N5O10S3-5. The minimum atomic E-state index is -0.381. The fraction of sp³-hybridized carbons (Fsp3) is 0.104. The second-order valence-corrected chi connectivity index (χ2v) is 22.9. The number of halogens is 2. The van der Waals surface area contributed by atoms with Gasteiger partial charge in [0.1, 0.15) is 17.4 Å². The van der Waals surface area contributed by atoms with Crippen LogP contribution in [0.25, 0.3) is 86.0 Å². The van der Waals surface area contributed by atoms with Crippen LogP contribution >= 0.6 is 34.0 Å². The van der Waals surface area contributed by atoms with Crippen LogP contribution in [0.1, 0.15) is 55.4 Å². The number of thiazole rings is 1. The van der Waals surface area contributed by atoms with E-state index < -0.39 is 0 Å². The predicted molar refractivity (Wildman–Crippen MR) is 381 cm³/mol. The molecule has 13 aromatic rings. The van der Waals surface area contributed by atoms with Crippen LogP contribution in [0, 0.1) is 42.0 Å². The largest absolute Gasteiger partial charge is 0.512 e. The second-order valence-electron chi connectivity index (χ2n) is 19.9. The molecule has 0 saturated heterocycles. The third-order valence-corrected chi connectivity index (χ3v) is 14.2. The number of benzene rings is 6. The van der Waals surface area contributed by atoms with Gasteiger partial charge in [-0.25, -0.2) is 22.7 Å². The maximum Gasteiger partial charge on any atom is 0.155 e. The van der Waals surface area contributed by atoms with Gasteiger partial charge in [-0.15, -0.1) is 113 Å². The standard InChI is InChI=1S/C13H7FNO.2C13H8NS.C9H5FNO.C9H6NS.4C5H8O2.5Ir/c14-10-6-2-1-5-9(10)13-15-11-7-3-4-8-12(11)16-13;1-2-7-12-10(5-1)9-13(15-12)11-6-3-4-8-14-11;1-2-6-10(7-3-1)13-14-11-8-4-5-9-12(11)15-13;10-8-3-1-7(2-4-8)9-11-5-6-12-9;1-2-6-10-8(4-1)9-5-3-7-11-9;4*1-4(6)3-5(2)7;;;;;/h1-4,6-8H;1-8H;1-6,8-9H;1,3-6H;1-4,6-7H;4*3,6H,1-2H3;;;;;/q5*-1;;;;;;;;;. The molecule has 4 N–H and O–H groups in total. The number of hydrogen-bond acceptors (Lipinski definition) is 18. The van der Waals surface area contributed by atoms with E-state index in [1.54, 1.807) is 64.5 Å². The number of nitrogens with zero attached hydrogens (tertiary/aromatic N) is 5. The zero-order valence-electron chi connectivity index (χ0n) is 55.6. The Hall–Kier alpha value is -8.20. The minimum absolute atomic E-state index is 0. The first-order valence-corrected chi connectivity index (χ1v) is 31.7. The van der Waals surface area contributed by atoms with E-state index in [-0.39, 0.29) is 170 Å². The van der Waals surface area contributed by atoms with Crippen LogP contribution < -0.4 is 0 Å². The molecular weight excluding hydrogens is 2250 g/mol. The van der Waals surface area contributed by atoms with E-state index in [1.165, 1.54) is 125 Å². The summed E-state index contributed by atoms with van der Waals surface area (Å²) in [6, 6.07) is 69.4. The van der Waals surface area contributed by atoms with Gasteiger partial charge in [-0.05, 0) is 107 Å². The summed E-state index contributed by atoms with van der Waals surface area (Å²) in [6.45, 7) is 11.4. The Kier molecular flexibility index (Phi) is 47.7. The van der Waals surface area contributed by atoms with Gasteiger partial charge in [0.05, 0.1) is 46.5 Å². The van der Waals surface area contributed by atoms with E-state index in [9.17, 15) is 28.0 Å². The number of ketones is 4. The van der Waals surface area contributed by atoms with Gasteiger partial charge in [-0.1, -0.05) is 76.7 Å². The monoisotopic (exact) mass is 2320 g/mol. The molecule has 7 heterocycles. The first-order valence-electron chi connectivity index (χ1n) is 29.2. The molecule has 0 spiro atoms. The number of pyridine rings is 2. The van der Waals surface area contributed by atoms with Gasteiger partial charge < -0.3 is 39.2 Å². The van der Waals surface area contributed by atoms with Gasteiger partial charge in [-0.3, -0.25) is 42.9 Å². The van der Waals surface area contributed by atoms with Crippen molar-refractivity contribution in [1.29, 1.82) is 0 Å². The first kappa shape index (κ1) is 93.8. The maximum atomic E-state index is 13.5. The molecule has 0 aliphatic rings. The molecule has 13 rings (SSSR count). The number of aliphatic hydroxyl groups excluding tert-OH is 4. The number of para-hydroxylation sites is 3. The maximum absolute atomic E-state index is 13.5. The van der Waals surface area contributed by atoms with Crippen LogP contribution in [0.3, 0.4) is 0 Å². The number of aliphatic hydroxyl groups is 4. The molecule has 5 radical (unpaired) electrons. The Morgan fingerprint density at radius 3 is 1.44 bits per heavy atom. The normalized spacial score (nSPS) is 10.2. The summed E-state index contributed by atoms with van der Waals surface area (Å²) in [5.74, 6) is -0.228. The smallest absolute Gasteiger partial charge is 0.155 e. The van der Waals surface area contributed by atoms with Crippen LogP contribution in [0.15, 0.2) is 262 Å². The Balaban J connectivity index is 0.00000114. The number of hydrogen-bond donors (Lipinski definition) is 4. The number of rotatable bonds is 9. The number of carbonyl (C=O) groups excluding carboxylic acids is 4. The van der Waals surface area contributed by atoms with Gasteiger partial charge >= 0.3 is 0 Å². The molecule has 0 aliphatic heterocycles. The van der Waals surface area contributed by atoms with Crippen molar-refractivity contribution in [3.05, 3.63) is 295 Å². The van der Waals surface area contributed by atoms with Gasteiger partial charge in [0, 0.05) is 164 Å². The number of thiophene rings is 2. The molecule has 0 bridgehead atoms. The minimum Gasteiger partial charge on any atom is -0.512 e. The van der Waals surface area contributed by atoms with Gasteiger partial charge in [-0.2, -0.15) is 23.5 Å². The van der Waals surface area contributed by atoms with E-state index in [0.29, 0.717) is 22.6 Å². The van der Waals surface area contributed by atoms with E-state index >= 15 is 0 Å². The fourth-order valence-corrected chi connectivity index (χ4v) is 10.1. The predicted octanol–water partition coefficient (Wildman–Crippen LogP) is 20.0. The van der Waals surface area contributed by atoms with Crippen molar-refractivity contribution >= 4 is 88.5 Å². The van der Waals surface area contributed by atoms with E-state index in [4.69, 9.17) is 29.3 Å². The van der Waals surface area contributed by atoms with Crippen molar-refractivity contribution in [2.75, 3.05) is 0 Å². The third kappa shape index (κ3) is 36.6. The second kappa shape index (κ2) is 51.9. The molecule has 541 valence electrons. The van der Waals surface area contributed by atoms with Crippen molar-refractivity contribution in [3.8, 4) is 54.6 Å². The molecule has 0 saturated carbocycles. The quantitative estimate of drug-likeness (QED) is 0.0597. The average Bonchev–Trinajstić information content (AvgIpc) is 1.69. The topological polar surface area (TPSA) is 240 Å². The van der Waals surface area contributed by atoms with Gasteiger partial charge in [0.25, 0.3) is 0 Å². The third-order valence-electron chi connectivity index (χ3n) is 11.2. The molecule has 6 aromatic carbocycles. The van der Waals surface area contributed by atoms with Crippen LogP contribution in [-0.4, -0.2) is 68.5 Å². The van der Waals surface area contributed by atoms with Crippen LogP contribution in [0.2, 0.25) is 0 Å². The Morgan fingerprint density at radius 1 is 0.461 bits per heavy atom. The zero-order chi connectivity index (χ0) is 70.5. The van der Waals surface area contributed by atoms with Crippen LogP contribution in [0.4, 0.5) is 8.78 Å². The number of fused-ring (bicyclic) bond motifs is 3. The Bertz CT molecular complexity index is 4340. The zero-order valence-corrected chi connectivity index (χ0v) is 70.0. The summed E-state index contributed by atoms with van der Waals surface area (Å²) >= 11 is 5.10. The number of allylic oxidation sites excluding steroid dienone is 8. The van der Waals surface area contributed by atoms with E-state index in [0.717, 1.165) is 37.2 Å². The number of carbonyl (C=O) groups is 4. The summed E-state index contributed by atoms with van der Waals surface area (Å²) in [7, 11) is 0.